The third-order valence-electron chi connectivity index (χ3n) is 2.86. The molecule has 0 saturated heterocycles. The van der Waals surface area contributed by atoms with Gasteiger partial charge in [-0.15, -0.1) is 0 Å². The molecule has 0 fully saturated rings. The smallest absolute Gasteiger partial charge is 0.0958 e. The minimum absolute atomic E-state index is 0. The van der Waals surface area contributed by atoms with Gasteiger partial charge in [0, 0.05) is 19.3 Å². The van der Waals surface area contributed by atoms with Crippen LogP contribution in [0.25, 0.3) is 0 Å². The van der Waals surface area contributed by atoms with E-state index in [9.17, 15) is 0 Å². The molecule has 0 radical (unpaired) electrons. The number of halogens is 1. The summed E-state index contributed by atoms with van der Waals surface area (Å²) in [5.74, 6) is 0. The van der Waals surface area contributed by atoms with E-state index in [0.29, 0.717) is 5.54 Å². The predicted octanol–water partition coefficient (Wildman–Crippen LogP) is -0.677. The molecule has 0 aromatic carbocycles. The summed E-state index contributed by atoms with van der Waals surface area (Å²) in [7, 11) is 2.24. The second-order valence-corrected chi connectivity index (χ2v) is 3.90. The van der Waals surface area contributed by atoms with Crippen molar-refractivity contribution in [1.29, 1.82) is 0 Å². The fourth-order valence-corrected chi connectivity index (χ4v) is 2.30. The minimum atomic E-state index is 0. The van der Waals surface area contributed by atoms with Gasteiger partial charge in [-0.2, -0.15) is 0 Å². The van der Waals surface area contributed by atoms with Crippen LogP contribution < -0.4 is 17.7 Å². The third kappa shape index (κ3) is 5.53. The zero-order chi connectivity index (χ0) is 9.45. The van der Waals surface area contributed by atoms with Crippen LogP contribution in [0, 0.1) is 0 Å². The SMILES string of the molecule is CCCC(CCC)(CCC)[NH2+]C.[Cl-]. The van der Waals surface area contributed by atoms with Gasteiger partial charge in [-0.1, -0.05) is 40.0 Å². The van der Waals surface area contributed by atoms with Crippen LogP contribution in [-0.4, -0.2) is 12.6 Å². The molecule has 0 unspecified atom stereocenters. The van der Waals surface area contributed by atoms with Crippen molar-refractivity contribution < 1.29 is 17.7 Å². The molecular weight excluding hydrogens is 182 g/mol. The summed E-state index contributed by atoms with van der Waals surface area (Å²) in [5.41, 5.74) is 0.568. The van der Waals surface area contributed by atoms with Crippen LogP contribution in [0.15, 0.2) is 0 Å². The Morgan fingerprint density at radius 1 is 0.846 bits per heavy atom. The summed E-state index contributed by atoms with van der Waals surface area (Å²) in [6.45, 7) is 6.89. The van der Waals surface area contributed by atoms with E-state index in [1.54, 1.807) is 0 Å². The molecule has 0 atom stereocenters. The minimum Gasteiger partial charge on any atom is -1.00 e. The standard InChI is InChI=1S/C11H25N.ClH/c1-5-8-11(12-4,9-6-2)10-7-3;/h12H,5-10H2,1-4H3;1H. The first-order valence-electron chi connectivity index (χ1n) is 5.55. The van der Waals surface area contributed by atoms with Crippen molar-refractivity contribution in [2.45, 2.75) is 64.8 Å². The van der Waals surface area contributed by atoms with Crippen molar-refractivity contribution in [2.75, 3.05) is 7.05 Å². The molecule has 0 aliphatic carbocycles. The number of nitrogens with two attached hydrogens (primary N) is 1. The number of quaternary nitrogens is 1. The largest absolute Gasteiger partial charge is 1.00 e. The number of rotatable bonds is 7. The molecule has 0 aliphatic rings. The van der Waals surface area contributed by atoms with Gasteiger partial charge in [0.05, 0.1) is 12.6 Å². The van der Waals surface area contributed by atoms with Crippen molar-refractivity contribution in [3.8, 4) is 0 Å². The van der Waals surface area contributed by atoms with E-state index in [1.807, 2.05) is 0 Å². The summed E-state index contributed by atoms with van der Waals surface area (Å²) in [4.78, 5) is 0. The third-order valence-corrected chi connectivity index (χ3v) is 2.86. The van der Waals surface area contributed by atoms with Crippen molar-refractivity contribution in [2.24, 2.45) is 0 Å². The second-order valence-electron chi connectivity index (χ2n) is 3.90. The molecule has 0 aliphatic heterocycles. The van der Waals surface area contributed by atoms with Gasteiger partial charge >= 0.3 is 0 Å². The molecule has 2 N–H and O–H groups in total. The van der Waals surface area contributed by atoms with Gasteiger partial charge in [0.2, 0.25) is 0 Å². The van der Waals surface area contributed by atoms with Gasteiger partial charge in [0.25, 0.3) is 0 Å². The van der Waals surface area contributed by atoms with Crippen LogP contribution in [-0.2, 0) is 0 Å². The molecule has 0 aromatic rings. The maximum Gasteiger partial charge on any atom is 0.0958 e. The first-order valence-corrected chi connectivity index (χ1v) is 5.55. The molecule has 2 heteroatoms. The quantitative estimate of drug-likeness (QED) is 0.570. The number of hydrogen-bond donors (Lipinski definition) is 1. The molecule has 82 valence electrons. The van der Waals surface area contributed by atoms with Gasteiger partial charge < -0.3 is 17.7 Å². The topological polar surface area (TPSA) is 16.6 Å². The maximum absolute atomic E-state index is 2.45. The van der Waals surface area contributed by atoms with Gasteiger partial charge in [-0.25, -0.2) is 0 Å². The zero-order valence-electron chi connectivity index (χ0n) is 9.70. The van der Waals surface area contributed by atoms with Gasteiger partial charge in [-0.3, -0.25) is 0 Å². The van der Waals surface area contributed by atoms with Crippen LogP contribution in [0.5, 0.6) is 0 Å². The molecular formula is C11H26ClN. The summed E-state index contributed by atoms with van der Waals surface area (Å²) >= 11 is 0. The molecule has 1 nitrogen and oxygen atoms in total. The Balaban J connectivity index is 0. The molecule has 0 amide bonds. The fraction of sp³-hybridized carbons (Fsp3) is 1.00. The van der Waals surface area contributed by atoms with E-state index < -0.39 is 0 Å². The lowest BCUT2D eigenvalue weighted by Gasteiger charge is -2.29. The van der Waals surface area contributed by atoms with Crippen molar-refractivity contribution in [3.63, 3.8) is 0 Å². The summed E-state index contributed by atoms with van der Waals surface area (Å²) in [6.07, 6.45) is 8.11. The van der Waals surface area contributed by atoms with Gasteiger partial charge in [0.15, 0.2) is 0 Å². The molecule has 0 aromatic heterocycles. The first-order chi connectivity index (χ1) is 5.74. The normalized spacial score (nSPS) is 11.1. The highest BCUT2D eigenvalue weighted by atomic mass is 35.5. The average molecular weight is 208 g/mol. The first kappa shape index (κ1) is 15.7. The zero-order valence-corrected chi connectivity index (χ0v) is 10.5. The summed E-state index contributed by atoms with van der Waals surface area (Å²) < 4.78 is 0. The van der Waals surface area contributed by atoms with E-state index in [2.05, 4.69) is 33.1 Å². The summed E-state index contributed by atoms with van der Waals surface area (Å²) in [6, 6.07) is 0. The lowest BCUT2D eigenvalue weighted by Crippen LogP contribution is -3.00. The molecule has 0 heterocycles. The van der Waals surface area contributed by atoms with E-state index >= 15 is 0 Å². The van der Waals surface area contributed by atoms with E-state index in [1.165, 1.54) is 38.5 Å². The van der Waals surface area contributed by atoms with Crippen LogP contribution in [0.2, 0.25) is 0 Å². The van der Waals surface area contributed by atoms with Gasteiger partial charge in [0.1, 0.15) is 0 Å². The average Bonchev–Trinajstić information content (AvgIpc) is 2.06. The molecule has 0 saturated carbocycles. The van der Waals surface area contributed by atoms with E-state index in [0.717, 1.165) is 0 Å². The molecule has 0 bridgehead atoms. The Morgan fingerprint density at radius 3 is 1.31 bits per heavy atom. The Hall–Kier alpha value is 0.250. The second kappa shape index (κ2) is 8.83. The molecule has 0 spiro atoms. The van der Waals surface area contributed by atoms with Crippen molar-refractivity contribution >= 4 is 0 Å². The van der Waals surface area contributed by atoms with Crippen LogP contribution in [0.3, 0.4) is 0 Å². The fourth-order valence-electron chi connectivity index (χ4n) is 2.30. The lowest BCUT2D eigenvalue weighted by molar-refractivity contribution is -0.707. The van der Waals surface area contributed by atoms with Crippen molar-refractivity contribution in [1.82, 2.24) is 0 Å². The Kier molecular flexibility index (Phi) is 10.7. The highest BCUT2D eigenvalue weighted by Gasteiger charge is 2.28. The predicted molar refractivity (Wildman–Crippen MR) is 55.3 cm³/mol. The lowest BCUT2D eigenvalue weighted by atomic mass is 9.84. The maximum atomic E-state index is 2.45. The molecule has 0 rings (SSSR count). The van der Waals surface area contributed by atoms with Crippen LogP contribution in [0.4, 0.5) is 0 Å². The Bertz CT molecular complexity index is 87.2. The highest BCUT2D eigenvalue weighted by molar-refractivity contribution is 4.75. The summed E-state index contributed by atoms with van der Waals surface area (Å²) in [5, 5.41) is 2.45. The number of hydrogen-bond acceptors (Lipinski definition) is 0. The monoisotopic (exact) mass is 207 g/mol. The molecule has 13 heavy (non-hydrogen) atoms. The van der Waals surface area contributed by atoms with Crippen molar-refractivity contribution in [3.05, 3.63) is 0 Å². The highest BCUT2D eigenvalue weighted by Crippen LogP contribution is 2.20. The van der Waals surface area contributed by atoms with Gasteiger partial charge in [-0.05, 0) is 0 Å². The van der Waals surface area contributed by atoms with E-state index in [-0.39, 0.29) is 12.4 Å². The Morgan fingerprint density at radius 2 is 1.15 bits per heavy atom. The Labute approximate surface area is 90.1 Å². The van der Waals surface area contributed by atoms with Crippen LogP contribution in [0.1, 0.15) is 59.3 Å². The van der Waals surface area contributed by atoms with E-state index in [4.69, 9.17) is 0 Å². The van der Waals surface area contributed by atoms with Crippen LogP contribution >= 0.6 is 0 Å².